The van der Waals surface area contributed by atoms with Gasteiger partial charge in [0.2, 0.25) is 0 Å². The van der Waals surface area contributed by atoms with Gasteiger partial charge in [0.05, 0.1) is 0 Å². The monoisotopic (exact) mass is 431 g/mol. The molecule has 2 N–H and O–H groups in total. The molecule has 0 bridgehead atoms. The van der Waals surface area contributed by atoms with Crippen LogP contribution >= 0.6 is 0 Å². The van der Waals surface area contributed by atoms with Crippen molar-refractivity contribution in [3.8, 4) is 0 Å². The molecule has 2 amide bonds. The highest BCUT2D eigenvalue weighted by atomic mass is 16.6. The highest BCUT2D eigenvalue weighted by molar-refractivity contribution is 5.87. The number of hydrogen-bond acceptors (Lipinski definition) is 3. The summed E-state index contributed by atoms with van der Waals surface area (Å²) in [6, 6.07) is 25.1. The van der Waals surface area contributed by atoms with Crippen molar-refractivity contribution in [2.45, 2.75) is 45.1 Å². The topological polar surface area (TPSA) is 75.6 Å². The second kappa shape index (κ2) is 9.69. The molecule has 0 aliphatic carbocycles. The third-order valence-corrected chi connectivity index (χ3v) is 5.54. The third-order valence-electron chi connectivity index (χ3n) is 5.54. The minimum absolute atomic E-state index is 0.140. The molecule has 0 aromatic heterocycles. The molecule has 0 heterocycles. The van der Waals surface area contributed by atoms with E-state index in [-0.39, 0.29) is 11.8 Å². The zero-order valence-electron chi connectivity index (χ0n) is 18.8. The van der Waals surface area contributed by atoms with E-state index >= 15 is 0 Å². The Hall–Kier alpha value is -3.60. The SMILES string of the molecule is CC(C)c1cccc(C(C)C)c1C(OC(=O)NC(=O)O)(c1ccccc1)c1ccccc1. The number of carbonyl (C=O) groups excluding carboxylic acids is 1. The predicted octanol–water partition coefficient (Wildman–Crippen LogP) is 6.63. The number of amides is 2. The van der Waals surface area contributed by atoms with Crippen LogP contribution in [0, 0.1) is 0 Å². The van der Waals surface area contributed by atoms with Crippen LogP contribution in [0.4, 0.5) is 9.59 Å². The molecule has 0 aliphatic heterocycles. The number of benzene rings is 3. The summed E-state index contributed by atoms with van der Waals surface area (Å²) in [7, 11) is 0. The van der Waals surface area contributed by atoms with Gasteiger partial charge < -0.3 is 9.84 Å². The Balaban J connectivity index is 2.48. The van der Waals surface area contributed by atoms with E-state index in [0.29, 0.717) is 0 Å². The van der Waals surface area contributed by atoms with Crippen molar-refractivity contribution in [1.82, 2.24) is 5.32 Å². The van der Waals surface area contributed by atoms with E-state index in [2.05, 4.69) is 27.7 Å². The number of hydrogen-bond donors (Lipinski definition) is 2. The van der Waals surface area contributed by atoms with Crippen LogP contribution in [0.2, 0.25) is 0 Å². The molecule has 5 heteroatoms. The number of imide groups is 1. The van der Waals surface area contributed by atoms with E-state index in [0.717, 1.165) is 27.8 Å². The predicted molar refractivity (Wildman–Crippen MR) is 125 cm³/mol. The molecule has 0 fully saturated rings. The zero-order valence-corrected chi connectivity index (χ0v) is 18.8. The van der Waals surface area contributed by atoms with Gasteiger partial charge in [-0.2, -0.15) is 0 Å². The average molecular weight is 432 g/mol. The minimum atomic E-state index is -1.47. The zero-order chi connectivity index (χ0) is 23.3. The Bertz CT molecular complexity index is 1010. The molecule has 3 aromatic carbocycles. The maximum Gasteiger partial charge on any atom is 0.418 e. The Morgan fingerprint density at radius 3 is 1.56 bits per heavy atom. The van der Waals surface area contributed by atoms with Gasteiger partial charge in [-0.1, -0.05) is 107 Å². The van der Waals surface area contributed by atoms with Crippen LogP contribution in [0.25, 0.3) is 0 Å². The lowest BCUT2D eigenvalue weighted by Gasteiger charge is -2.39. The number of alkyl carbamates (subject to hydrolysis) is 1. The molecule has 166 valence electrons. The van der Waals surface area contributed by atoms with Crippen molar-refractivity contribution < 1.29 is 19.4 Å². The van der Waals surface area contributed by atoms with E-state index in [4.69, 9.17) is 9.84 Å². The van der Waals surface area contributed by atoms with Crippen molar-refractivity contribution in [2.24, 2.45) is 0 Å². The fourth-order valence-corrected chi connectivity index (χ4v) is 4.18. The number of nitrogens with one attached hydrogen (secondary N) is 1. The first-order valence-corrected chi connectivity index (χ1v) is 10.7. The van der Waals surface area contributed by atoms with Crippen LogP contribution in [-0.2, 0) is 10.3 Å². The van der Waals surface area contributed by atoms with Crippen molar-refractivity contribution in [3.63, 3.8) is 0 Å². The summed E-state index contributed by atoms with van der Waals surface area (Å²) in [5.41, 5.74) is 3.06. The van der Waals surface area contributed by atoms with Crippen LogP contribution in [0.3, 0.4) is 0 Å². The molecular weight excluding hydrogens is 402 g/mol. The van der Waals surface area contributed by atoms with Gasteiger partial charge in [0.15, 0.2) is 5.60 Å². The summed E-state index contributed by atoms with van der Waals surface area (Å²) in [4.78, 5) is 24.1. The molecule has 0 aliphatic rings. The molecule has 32 heavy (non-hydrogen) atoms. The lowest BCUT2D eigenvalue weighted by molar-refractivity contribution is 0.0653. The van der Waals surface area contributed by atoms with Crippen LogP contribution in [0.5, 0.6) is 0 Å². The average Bonchev–Trinajstić information content (AvgIpc) is 2.77. The van der Waals surface area contributed by atoms with E-state index in [9.17, 15) is 9.59 Å². The Labute approximate surface area is 189 Å². The molecule has 0 radical (unpaired) electrons. The van der Waals surface area contributed by atoms with Crippen molar-refractivity contribution in [2.75, 3.05) is 0 Å². The van der Waals surface area contributed by atoms with Crippen LogP contribution in [0.1, 0.15) is 67.3 Å². The Morgan fingerprint density at radius 2 is 1.19 bits per heavy atom. The molecule has 0 saturated carbocycles. The lowest BCUT2D eigenvalue weighted by atomic mass is 9.72. The van der Waals surface area contributed by atoms with Crippen LogP contribution < -0.4 is 5.32 Å². The van der Waals surface area contributed by atoms with Gasteiger partial charge in [-0.3, -0.25) is 0 Å². The maximum atomic E-state index is 12.8. The molecule has 3 rings (SSSR count). The first kappa shape index (κ1) is 23.1. The summed E-state index contributed by atoms with van der Waals surface area (Å²) < 4.78 is 6.16. The van der Waals surface area contributed by atoms with E-state index < -0.39 is 17.8 Å². The fraction of sp³-hybridized carbons (Fsp3) is 0.259. The summed E-state index contributed by atoms with van der Waals surface area (Å²) >= 11 is 0. The molecule has 3 aromatic rings. The molecular formula is C27H29NO4. The quantitative estimate of drug-likeness (QED) is 0.430. The first-order chi connectivity index (χ1) is 15.3. The summed E-state index contributed by atoms with van der Waals surface area (Å²) in [6.45, 7) is 8.39. The Morgan fingerprint density at radius 1 is 0.750 bits per heavy atom. The summed E-state index contributed by atoms with van der Waals surface area (Å²) in [6.07, 6.45) is -2.50. The second-order valence-electron chi connectivity index (χ2n) is 8.35. The molecule has 0 atom stereocenters. The number of rotatable bonds is 6. The fourth-order valence-electron chi connectivity index (χ4n) is 4.18. The second-order valence-corrected chi connectivity index (χ2v) is 8.35. The minimum Gasteiger partial charge on any atom is -0.465 e. The highest BCUT2D eigenvalue weighted by Gasteiger charge is 2.44. The first-order valence-electron chi connectivity index (χ1n) is 10.7. The van der Waals surface area contributed by atoms with Gasteiger partial charge in [0.1, 0.15) is 0 Å². The van der Waals surface area contributed by atoms with E-state index in [1.807, 2.05) is 84.2 Å². The van der Waals surface area contributed by atoms with Gasteiger partial charge in [-0.05, 0) is 23.0 Å². The van der Waals surface area contributed by atoms with E-state index in [1.165, 1.54) is 0 Å². The number of ether oxygens (including phenoxy) is 1. The van der Waals surface area contributed by atoms with Gasteiger partial charge in [-0.15, -0.1) is 0 Å². The maximum absolute atomic E-state index is 12.8. The normalized spacial score (nSPS) is 11.4. The van der Waals surface area contributed by atoms with Gasteiger partial charge in [0.25, 0.3) is 0 Å². The van der Waals surface area contributed by atoms with Crippen molar-refractivity contribution >= 4 is 12.2 Å². The molecule has 5 nitrogen and oxygen atoms in total. The standard InChI is InChI=1S/C27H29NO4/c1-18(2)22-16-11-17-23(19(3)4)24(22)27(20-12-7-5-8-13-20,21-14-9-6-10-15-21)32-26(31)28-25(29)30/h5-19H,1-4H3,(H,28,31)(H,29,30). The summed E-state index contributed by atoms with van der Waals surface area (Å²) in [5, 5.41) is 11.0. The van der Waals surface area contributed by atoms with Crippen LogP contribution in [-0.4, -0.2) is 17.3 Å². The van der Waals surface area contributed by atoms with Crippen molar-refractivity contribution in [1.29, 1.82) is 0 Å². The van der Waals surface area contributed by atoms with Crippen LogP contribution in [0.15, 0.2) is 78.9 Å². The van der Waals surface area contributed by atoms with Crippen molar-refractivity contribution in [3.05, 3.63) is 107 Å². The largest absolute Gasteiger partial charge is 0.465 e. The highest BCUT2D eigenvalue weighted by Crippen LogP contribution is 2.46. The number of carbonyl (C=O) groups is 2. The number of carboxylic acid groups (broad SMARTS) is 1. The van der Waals surface area contributed by atoms with Gasteiger partial charge in [-0.25, -0.2) is 14.9 Å². The van der Waals surface area contributed by atoms with Gasteiger partial charge >= 0.3 is 12.2 Å². The lowest BCUT2D eigenvalue weighted by Crippen LogP contribution is -2.42. The smallest absolute Gasteiger partial charge is 0.418 e. The Kier molecular flexibility index (Phi) is 6.98. The third kappa shape index (κ3) is 4.52. The van der Waals surface area contributed by atoms with Gasteiger partial charge in [0, 0.05) is 16.7 Å². The van der Waals surface area contributed by atoms with E-state index in [1.54, 1.807) is 0 Å². The molecule has 0 saturated heterocycles. The molecule has 0 spiro atoms. The molecule has 0 unspecified atom stereocenters. The summed E-state index contributed by atoms with van der Waals surface area (Å²) in [5.74, 6) is 0.281.